The van der Waals surface area contributed by atoms with Gasteiger partial charge in [-0.3, -0.25) is 4.79 Å². The lowest BCUT2D eigenvalue weighted by Gasteiger charge is -2.17. The number of carbonyl (C=O) groups excluding carboxylic acids is 1. The van der Waals surface area contributed by atoms with Gasteiger partial charge in [0.15, 0.2) is 10.8 Å². The van der Waals surface area contributed by atoms with Gasteiger partial charge in [0.1, 0.15) is 18.2 Å². The first-order valence-corrected chi connectivity index (χ1v) is 10.7. The average molecular weight is 442 g/mol. The van der Waals surface area contributed by atoms with Crippen molar-refractivity contribution in [1.82, 2.24) is 24.5 Å². The highest BCUT2D eigenvalue weighted by atomic mass is 35.5. The number of nitrogens with zero attached hydrogens (tertiary/aromatic N) is 5. The van der Waals surface area contributed by atoms with Crippen LogP contribution in [0, 0.1) is 6.92 Å². The van der Waals surface area contributed by atoms with E-state index < -0.39 is 0 Å². The van der Waals surface area contributed by atoms with Gasteiger partial charge in [-0.15, -0.1) is 5.10 Å². The Morgan fingerprint density at radius 2 is 1.93 bits per heavy atom. The van der Waals surface area contributed by atoms with E-state index >= 15 is 0 Å². The summed E-state index contributed by atoms with van der Waals surface area (Å²) in [6.45, 7) is 2.72. The predicted octanol–water partition coefficient (Wildman–Crippen LogP) is 3.87. The van der Waals surface area contributed by atoms with Gasteiger partial charge < -0.3 is 9.64 Å². The number of thioether (sulfide) groups is 1. The van der Waals surface area contributed by atoms with Crippen LogP contribution in [0.4, 0.5) is 0 Å². The minimum absolute atomic E-state index is 0.0142. The van der Waals surface area contributed by atoms with Crippen LogP contribution in [0.5, 0.6) is 5.75 Å². The molecule has 4 aromatic rings. The number of halogens is 1. The summed E-state index contributed by atoms with van der Waals surface area (Å²) in [6, 6.07) is 14.9. The van der Waals surface area contributed by atoms with Crippen molar-refractivity contribution in [3.63, 3.8) is 0 Å². The summed E-state index contributed by atoms with van der Waals surface area (Å²) in [5, 5.41) is 6.68. The normalized spacial score (nSPS) is 11.2. The van der Waals surface area contributed by atoms with Gasteiger partial charge in [0.25, 0.3) is 0 Å². The van der Waals surface area contributed by atoms with Crippen LogP contribution in [0.2, 0.25) is 5.02 Å². The topological polar surface area (TPSA) is 72.6 Å². The monoisotopic (exact) mass is 441 g/mol. The largest absolute Gasteiger partial charge is 0.492 e. The van der Waals surface area contributed by atoms with E-state index in [1.54, 1.807) is 40.7 Å². The van der Waals surface area contributed by atoms with Crippen molar-refractivity contribution >= 4 is 45.8 Å². The molecule has 2 aromatic heterocycles. The van der Waals surface area contributed by atoms with Gasteiger partial charge in [-0.25, -0.2) is 9.97 Å². The molecule has 9 heteroatoms. The van der Waals surface area contributed by atoms with Crippen molar-refractivity contribution in [3.05, 3.63) is 59.4 Å². The van der Waals surface area contributed by atoms with E-state index in [0.717, 1.165) is 22.3 Å². The van der Waals surface area contributed by atoms with E-state index in [9.17, 15) is 4.79 Å². The van der Waals surface area contributed by atoms with Crippen molar-refractivity contribution in [3.8, 4) is 5.75 Å². The van der Waals surface area contributed by atoms with E-state index in [0.29, 0.717) is 29.2 Å². The summed E-state index contributed by atoms with van der Waals surface area (Å²) in [5.41, 5.74) is 1.58. The quantitative estimate of drug-likeness (QED) is 0.320. The number of benzene rings is 2. The van der Waals surface area contributed by atoms with Crippen LogP contribution in [-0.4, -0.2) is 56.3 Å². The van der Waals surface area contributed by atoms with Crippen LogP contribution in [-0.2, 0) is 4.79 Å². The number of hydrogen-bond donors (Lipinski definition) is 0. The Balaban J connectivity index is 1.39. The third-order valence-electron chi connectivity index (χ3n) is 4.51. The van der Waals surface area contributed by atoms with Crippen molar-refractivity contribution < 1.29 is 9.53 Å². The molecule has 0 unspecified atom stereocenters. The molecule has 0 aliphatic carbocycles. The second-order valence-electron chi connectivity index (χ2n) is 6.71. The first kappa shape index (κ1) is 20.4. The molecule has 2 heterocycles. The highest BCUT2D eigenvalue weighted by Crippen LogP contribution is 2.24. The van der Waals surface area contributed by atoms with Crippen LogP contribution < -0.4 is 4.74 Å². The molecular formula is C21H20ClN5O2S. The molecule has 30 heavy (non-hydrogen) atoms. The number of hydrogen-bond acceptors (Lipinski definition) is 6. The number of aryl methyl sites for hydroxylation is 1. The number of ether oxygens (including phenoxy) is 1. The maximum absolute atomic E-state index is 12.6. The first-order valence-electron chi connectivity index (χ1n) is 9.38. The lowest BCUT2D eigenvalue weighted by molar-refractivity contribution is -0.127. The second kappa shape index (κ2) is 8.89. The van der Waals surface area contributed by atoms with Gasteiger partial charge in [0, 0.05) is 17.5 Å². The van der Waals surface area contributed by atoms with E-state index in [1.807, 2.05) is 31.2 Å². The minimum Gasteiger partial charge on any atom is -0.492 e. The molecule has 0 aliphatic heterocycles. The van der Waals surface area contributed by atoms with Crippen LogP contribution in [0.25, 0.3) is 16.6 Å². The Morgan fingerprint density at radius 3 is 2.73 bits per heavy atom. The SMILES string of the molecule is Cc1nc2c3ccccc3nc(SCC(=O)N(C)CCOc3ccc(Cl)cc3)n2n1. The lowest BCUT2D eigenvalue weighted by Crippen LogP contribution is -2.32. The molecule has 4 rings (SSSR count). The Bertz CT molecular complexity index is 1200. The van der Waals surface area contributed by atoms with E-state index in [1.165, 1.54) is 11.8 Å². The average Bonchev–Trinajstić information content (AvgIpc) is 3.15. The Morgan fingerprint density at radius 1 is 1.17 bits per heavy atom. The van der Waals surface area contributed by atoms with Gasteiger partial charge in [-0.1, -0.05) is 35.5 Å². The summed E-state index contributed by atoms with van der Waals surface area (Å²) >= 11 is 7.22. The molecule has 0 aliphatic rings. The molecule has 0 fully saturated rings. The standard InChI is InChI=1S/C21H20ClN5O2S/c1-14-23-20-17-5-3-4-6-18(17)24-21(27(20)25-14)30-13-19(28)26(2)11-12-29-16-9-7-15(22)8-10-16/h3-10H,11-13H2,1-2H3. The number of likely N-dealkylation sites (N-methyl/N-ethyl adjacent to an activating group) is 1. The number of para-hydroxylation sites is 1. The number of rotatable bonds is 7. The highest BCUT2D eigenvalue weighted by Gasteiger charge is 2.15. The van der Waals surface area contributed by atoms with Gasteiger partial charge in [-0.2, -0.15) is 4.52 Å². The molecule has 0 spiro atoms. The number of fused-ring (bicyclic) bond motifs is 3. The molecule has 0 saturated heterocycles. The van der Waals surface area contributed by atoms with E-state index in [2.05, 4.69) is 15.1 Å². The van der Waals surface area contributed by atoms with Gasteiger partial charge in [0.2, 0.25) is 5.91 Å². The third-order valence-corrected chi connectivity index (χ3v) is 5.68. The molecule has 0 radical (unpaired) electrons. The van der Waals surface area contributed by atoms with Crippen molar-refractivity contribution in [1.29, 1.82) is 0 Å². The van der Waals surface area contributed by atoms with Gasteiger partial charge in [0.05, 0.1) is 17.8 Å². The predicted molar refractivity (Wildman–Crippen MR) is 118 cm³/mol. The van der Waals surface area contributed by atoms with Crippen LogP contribution in [0.15, 0.2) is 53.7 Å². The van der Waals surface area contributed by atoms with Gasteiger partial charge >= 0.3 is 0 Å². The molecule has 154 valence electrons. The maximum atomic E-state index is 12.6. The van der Waals surface area contributed by atoms with Crippen molar-refractivity contribution in [2.45, 2.75) is 12.1 Å². The highest BCUT2D eigenvalue weighted by molar-refractivity contribution is 7.99. The molecule has 0 atom stereocenters. The summed E-state index contributed by atoms with van der Waals surface area (Å²) in [4.78, 5) is 23.4. The summed E-state index contributed by atoms with van der Waals surface area (Å²) in [5.74, 6) is 1.62. The fraction of sp³-hybridized carbons (Fsp3) is 0.238. The third kappa shape index (κ3) is 4.49. The number of carbonyl (C=O) groups is 1. The van der Waals surface area contributed by atoms with Gasteiger partial charge in [-0.05, 0) is 43.3 Å². The Kier molecular flexibility index (Phi) is 6.06. The van der Waals surface area contributed by atoms with E-state index in [-0.39, 0.29) is 11.7 Å². The second-order valence-corrected chi connectivity index (χ2v) is 8.09. The zero-order valence-corrected chi connectivity index (χ0v) is 18.2. The van der Waals surface area contributed by atoms with E-state index in [4.69, 9.17) is 16.3 Å². The molecular weight excluding hydrogens is 422 g/mol. The Labute approximate surface area is 183 Å². The fourth-order valence-corrected chi connectivity index (χ4v) is 3.93. The molecule has 2 aromatic carbocycles. The zero-order chi connectivity index (χ0) is 21.1. The maximum Gasteiger partial charge on any atom is 0.232 e. The molecule has 1 amide bonds. The minimum atomic E-state index is -0.0142. The Hall–Kier alpha value is -2.84. The van der Waals surface area contributed by atoms with Crippen LogP contribution in [0.1, 0.15) is 5.82 Å². The molecule has 7 nitrogen and oxygen atoms in total. The van der Waals surface area contributed by atoms with Crippen LogP contribution >= 0.6 is 23.4 Å². The summed E-state index contributed by atoms with van der Waals surface area (Å²) in [7, 11) is 1.76. The molecule has 0 N–H and O–H groups in total. The zero-order valence-electron chi connectivity index (χ0n) is 16.6. The van der Waals surface area contributed by atoms with Crippen LogP contribution in [0.3, 0.4) is 0 Å². The summed E-state index contributed by atoms with van der Waals surface area (Å²) in [6.07, 6.45) is 0. The lowest BCUT2D eigenvalue weighted by atomic mass is 10.2. The number of amides is 1. The smallest absolute Gasteiger partial charge is 0.232 e. The first-order chi connectivity index (χ1) is 14.5. The van der Waals surface area contributed by atoms with Crippen molar-refractivity contribution in [2.24, 2.45) is 0 Å². The molecule has 0 bridgehead atoms. The fourth-order valence-electron chi connectivity index (χ4n) is 2.92. The molecule has 0 saturated carbocycles. The van der Waals surface area contributed by atoms with Crippen molar-refractivity contribution in [2.75, 3.05) is 26.0 Å². The number of aromatic nitrogens is 4. The summed E-state index contributed by atoms with van der Waals surface area (Å²) < 4.78 is 7.37.